The SMILES string of the molecule is COC(=O)C(Cc1cn(C[C@H](NC(=O)OC(C)(C)C)C(=O)O)nn1)(NC(=O)OC(C)(C)C)C(F)(F)F. The van der Waals surface area contributed by atoms with E-state index in [-0.39, 0.29) is 0 Å². The first-order valence-corrected chi connectivity index (χ1v) is 10.5. The fourth-order valence-electron chi connectivity index (χ4n) is 2.71. The van der Waals surface area contributed by atoms with Crippen LogP contribution in [0, 0.1) is 0 Å². The number of amides is 2. The van der Waals surface area contributed by atoms with Gasteiger partial charge in [0.15, 0.2) is 0 Å². The molecule has 1 rings (SSSR count). The second-order valence-corrected chi connectivity index (χ2v) is 9.67. The van der Waals surface area contributed by atoms with Crippen molar-refractivity contribution in [2.24, 2.45) is 0 Å². The van der Waals surface area contributed by atoms with Crippen LogP contribution in [0.15, 0.2) is 6.20 Å². The number of aliphatic carboxylic acids is 1. The minimum Gasteiger partial charge on any atom is -0.480 e. The first kappa shape index (κ1) is 30.4. The highest BCUT2D eigenvalue weighted by Crippen LogP contribution is 2.34. The van der Waals surface area contributed by atoms with Crippen molar-refractivity contribution in [3.63, 3.8) is 0 Å². The summed E-state index contributed by atoms with van der Waals surface area (Å²) >= 11 is 0. The molecule has 0 radical (unpaired) electrons. The van der Waals surface area contributed by atoms with Gasteiger partial charge >= 0.3 is 30.3 Å². The molecule has 0 saturated carbocycles. The lowest BCUT2D eigenvalue weighted by molar-refractivity contribution is -0.211. The summed E-state index contributed by atoms with van der Waals surface area (Å²) < 4.78 is 57.4. The second-order valence-electron chi connectivity index (χ2n) is 9.67. The van der Waals surface area contributed by atoms with Gasteiger partial charge < -0.3 is 24.6 Å². The predicted molar refractivity (Wildman–Crippen MR) is 115 cm³/mol. The Morgan fingerprint density at radius 2 is 1.56 bits per heavy atom. The maximum absolute atomic E-state index is 14.1. The molecule has 1 heterocycles. The van der Waals surface area contributed by atoms with Crippen LogP contribution in [-0.2, 0) is 36.8 Å². The fourth-order valence-corrected chi connectivity index (χ4v) is 2.71. The zero-order chi connectivity index (χ0) is 28.1. The number of ether oxygens (including phenoxy) is 3. The number of hydrogen-bond acceptors (Lipinski definition) is 9. The van der Waals surface area contributed by atoms with Gasteiger partial charge in [0, 0.05) is 12.6 Å². The number of alkyl carbamates (subject to hydrolysis) is 2. The molecular weight excluding hydrogens is 495 g/mol. The zero-order valence-electron chi connectivity index (χ0n) is 20.8. The molecule has 1 unspecified atom stereocenters. The fraction of sp³-hybridized carbons (Fsp3) is 0.700. The van der Waals surface area contributed by atoms with E-state index >= 15 is 0 Å². The molecule has 0 aliphatic rings. The summed E-state index contributed by atoms with van der Waals surface area (Å²) in [5.74, 6) is -3.32. The number of esters is 1. The highest BCUT2D eigenvalue weighted by atomic mass is 19.4. The van der Waals surface area contributed by atoms with Crippen molar-refractivity contribution < 1.29 is 51.7 Å². The molecule has 0 saturated heterocycles. The minimum absolute atomic E-state index is 0.449. The van der Waals surface area contributed by atoms with E-state index in [1.165, 1.54) is 26.1 Å². The quantitative estimate of drug-likeness (QED) is 0.336. The normalized spacial score (nSPS) is 14.7. The van der Waals surface area contributed by atoms with Crippen molar-refractivity contribution in [3.8, 4) is 0 Å². The Balaban J connectivity index is 3.21. The number of carboxylic acid groups (broad SMARTS) is 1. The first-order valence-electron chi connectivity index (χ1n) is 10.5. The van der Waals surface area contributed by atoms with E-state index < -0.39 is 71.7 Å². The van der Waals surface area contributed by atoms with Gasteiger partial charge in [-0.25, -0.2) is 23.9 Å². The van der Waals surface area contributed by atoms with Gasteiger partial charge in [0.05, 0.1) is 19.3 Å². The summed E-state index contributed by atoms with van der Waals surface area (Å²) in [6.45, 7) is 8.38. The average Bonchev–Trinajstić information content (AvgIpc) is 3.09. The molecule has 0 aliphatic carbocycles. The lowest BCUT2D eigenvalue weighted by atomic mass is 9.92. The first-order chi connectivity index (χ1) is 16.2. The Kier molecular flexibility index (Phi) is 9.29. The van der Waals surface area contributed by atoms with Crippen LogP contribution in [0.2, 0.25) is 0 Å². The van der Waals surface area contributed by atoms with E-state index in [9.17, 15) is 37.5 Å². The molecule has 0 aromatic carbocycles. The standard InChI is InChI=1S/C20H30F3N5O8/c1-17(2,3)35-15(32)24-12(13(29)30)10-28-9-11(26-27-28)8-19(14(31)34-7,20(21,22)23)25-16(33)36-18(4,5)6/h9,12H,8,10H2,1-7H3,(H,24,32)(H,25,33)(H,29,30)/t12-,19?/m0/s1. The maximum atomic E-state index is 14.1. The summed E-state index contributed by atoms with van der Waals surface area (Å²) in [7, 11) is 0.705. The van der Waals surface area contributed by atoms with Crippen molar-refractivity contribution in [2.75, 3.05) is 7.11 Å². The van der Waals surface area contributed by atoms with Gasteiger partial charge in [0.1, 0.15) is 17.2 Å². The number of rotatable bonds is 8. The highest BCUT2D eigenvalue weighted by molar-refractivity contribution is 5.87. The van der Waals surface area contributed by atoms with Gasteiger partial charge in [-0.1, -0.05) is 5.21 Å². The average molecular weight is 525 g/mol. The Labute approximate surface area is 204 Å². The molecular formula is C20H30F3N5O8. The van der Waals surface area contributed by atoms with Gasteiger partial charge in [-0.05, 0) is 41.5 Å². The molecule has 16 heteroatoms. The van der Waals surface area contributed by atoms with Crippen molar-refractivity contribution in [1.29, 1.82) is 0 Å². The van der Waals surface area contributed by atoms with Gasteiger partial charge in [-0.3, -0.25) is 5.32 Å². The van der Waals surface area contributed by atoms with Crippen LogP contribution in [-0.4, -0.2) is 80.3 Å². The molecule has 2 amide bonds. The van der Waals surface area contributed by atoms with Gasteiger partial charge in [0.2, 0.25) is 5.54 Å². The number of alkyl halides is 3. The molecule has 0 spiro atoms. The number of methoxy groups -OCH3 is 1. The van der Waals surface area contributed by atoms with E-state index in [1.54, 1.807) is 20.8 Å². The van der Waals surface area contributed by atoms with Crippen molar-refractivity contribution in [2.45, 2.75) is 83.5 Å². The third-order valence-electron chi connectivity index (χ3n) is 4.12. The third-order valence-corrected chi connectivity index (χ3v) is 4.12. The Morgan fingerprint density at radius 1 is 1.03 bits per heavy atom. The van der Waals surface area contributed by atoms with E-state index in [4.69, 9.17) is 9.47 Å². The summed E-state index contributed by atoms with van der Waals surface area (Å²) in [4.78, 5) is 47.9. The largest absolute Gasteiger partial charge is 0.480 e. The lowest BCUT2D eigenvalue weighted by Gasteiger charge is -2.33. The summed E-state index contributed by atoms with van der Waals surface area (Å²) in [6, 6.07) is -1.58. The van der Waals surface area contributed by atoms with E-state index in [0.29, 0.717) is 7.11 Å². The van der Waals surface area contributed by atoms with Crippen molar-refractivity contribution in [3.05, 3.63) is 11.9 Å². The van der Waals surface area contributed by atoms with Crippen LogP contribution >= 0.6 is 0 Å². The molecule has 0 aliphatic heterocycles. The second kappa shape index (κ2) is 11.0. The molecule has 36 heavy (non-hydrogen) atoms. The lowest BCUT2D eigenvalue weighted by Crippen LogP contribution is -2.66. The number of halogens is 3. The van der Waals surface area contributed by atoms with E-state index in [0.717, 1.165) is 10.9 Å². The molecule has 3 N–H and O–H groups in total. The monoisotopic (exact) mass is 525 g/mol. The van der Waals surface area contributed by atoms with Crippen molar-refractivity contribution >= 4 is 24.1 Å². The number of carboxylic acids is 1. The number of nitrogens with zero attached hydrogens (tertiary/aromatic N) is 3. The smallest absolute Gasteiger partial charge is 0.422 e. The third kappa shape index (κ3) is 8.88. The number of nitrogens with one attached hydrogen (secondary N) is 2. The van der Waals surface area contributed by atoms with Crippen LogP contribution in [0.4, 0.5) is 22.8 Å². The summed E-state index contributed by atoms with van der Waals surface area (Å²) in [5, 5.41) is 20.1. The summed E-state index contributed by atoms with van der Waals surface area (Å²) in [5.41, 5.74) is -6.13. The van der Waals surface area contributed by atoms with Crippen LogP contribution in [0.25, 0.3) is 0 Å². The molecule has 0 fully saturated rings. The molecule has 13 nitrogen and oxygen atoms in total. The van der Waals surface area contributed by atoms with Gasteiger partial charge in [-0.2, -0.15) is 13.2 Å². The van der Waals surface area contributed by atoms with Crippen LogP contribution < -0.4 is 10.6 Å². The van der Waals surface area contributed by atoms with Gasteiger partial charge in [-0.15, -0.1) is 5.10 Å². The van der Waals surface area contributed by atoms with Crippen LogP contribution in [0.5, 0.6) is 0 Å². The number of carbonyl (C=O) groups excluding carboxylic acids is 3. The summed E-state index contributed by atoms with van der Waals surface area (Å²) in [6.07, 6.45) is -8.27. The van der Waals surface area contributed by atoms with Crippen LogP contribution in [0.1, 0.15) is 47.2 Å². The highest BCUT2D eigenvalue weighted by Gasteiger charge is 2.63. The Morgan fingerprint density at radius 3 is 2.00 bits per heavy atom. The Hall–Kier alpha value is -3.59. The van der Waals surface area contributed by atoms with Crippen LogP contribution in [0.3, 0.4) is 0 Å². The van der Waals surface area contributed by atoms with E-state index in [1.807, 2.05) is 0 Å². The van der Waals surface area contributed by atoms with Gasteiger partial charge in [0.25, 0.3) is 0 Å². The van der Waals surface area contributed by atoms with Crippen molar-refractivity contribution in [1.82, 2.24) is 25.6 Å². The molecule has 1 aromatic heterocycles. The predicted octanol–water partition coefficient (Wildman–Crippen LogP) is 1.80. The molecule has 1 aromatic rings. The molecule has 2 atom stereocenters. The van der Waals surface area contributed by atoms with E-state index in [2.05, 4.69) is 20.4 Å². The maximum Gasteiger partial charge on any atom is 0.422 e. The zero-order valence-corrected chi connectivity index (χ0v) is 20.8. The molecule has 0 bridgehead atoms. The minimum atomic E-state index is -5.36. The number of aromatic nitrogens is 3. The topological polar surface area (TPSA) is 171 Å². The Bertz CT molecular complexity index is 968. The number of carbonyl (C=O) groups is 4. The number of hydrogen-bond donors (Lipinski definition) is 3. The molecule has 204 valence electrons.